The summed E-state index contributed by atoms with van der Waals surface area (Å²) in [4.78, 5) is 44.0. The minimum atomic E-state index is -1.19. The molecule has 5 N–H and O–H groups in total. The van der Waals surface area contributed by atoms with Crippen molar-refractivity contribution in [2.24, 2.45) is 11.7 Å². The first-order valence-corrected chi connectivity index (χ1v) is 6.51. The monoisotopic (exact) mass is 306 g/mol. The molecule has 0 heterocycles. The minimum Gasteiger partial charge on any atom is -0.480 e. The molecule has 0 saturated carbocycles. The van der Waals surface area contributed by atoms with Gasteiger partial charge in [-0.05, 0) is 6.42 Å². The lowest BCUT2D eigenvalue weighted by Gasteiger charge is -2.13. The maximum atomic E-state index is 11.6. The number of rotatable bonds is 10. The third kappa shape index (κ3) is 7.74. The van der Waals surface area contributed by atoms with Crippen molar-refractivity contribution in [1.82, 2.24) is 5.32 Å². The molecule has 0 fully saturated rings. The number of carbonyl (C=O) groups is 4. The van der Waals surface area contributed by atoms with Crippen molar-refractivity contribution in [3.8, 4) is 0 Å². The van der Waals surface area contributed by atoms with Gasteiger partial charge in [0.15, 0.2) is 0 Å². The average molecular weight is 306 g/mol. The highest BCUT2D eigenvalue weighted by atomic mass is 32.1. The zero-order chi connectivity index (χ0) is 15.7. The summed E-state index contributed by atoms with van der Waals surface area (Å²) in [5.41, 5.74) is 5.26. The van der Waals surface area contributed by atoms with Gasteiger partial charge in [-0.25, -0.2) is 0 Å². The van der Waals surface area contributed by atoms with E-state index < -0.39 is 36.4 Å². The van der Waals surface area contributed by atoms with Gasteiger partial charge in [0.2, 0.25) is 5.91 Å². The molecule has 0 aromatic heterocycles. The number of Topliss-reactive ketones (excluding diaryl/α,β-unsaturated/α-hetero) is 1. The fraction of sp³-hybridized carbons (Fsp3) is 0.636. The second kappa shape index (κ2) is 9.32. The quantitative estimate of drug-likeness (QED) is 0.321. The Morgan fingerprint density at radius 2 is 1.80 bits per heavy atom. The van der Waals surface area contributed by atoms with Crippen LogP contribution in [0.4, 0.5) is 0 Å². The molecule has 0 aliphatic carbocycles. The van der Waals surface area contributed by atoms with Gasteiger partial charge in [-0.1, -0.05) is 0 Å². The van der Waals surface area contributed by atoms with E-state index in [9.17, 15) is 19.2 Å². The van der Waals surface area contributed by atoms with Gasteiger partial charge >= 0.3 is 11.9 Å². The van der Waals surface area contributed by atoms with E-state index in [0.717, 1.165) is 0 Å². The van der Waals surface area contributed by atoms with E-state index in [1.807, 2.05) is 0 Å². The molecule has 1 amide bonds. The molecule has 0 bridgehead atoms. The fourth-order valence-electron chi connectivity index (χ4n) is 1.36. The first-order chi connectivity index (χ1) is 9.27. The maximum absolute atomic E-state index is 11.6. The van der Waals surface area contributed by atoms with Gasteiger partial charge in [-0.15, -0.1) is 0 Å². The molecule has 114 valence electrons. The number of carbonyl (C=O) groups excluding carboxylic acids is 2. The third-order valence-corrected chi connectivity index (χ3v) is 2.97. The molecule has 0 rings (SSSR count). The highest BCUT2D eigenvalue weighted by Crippen LogP contribution is 2.10. The molecular formula is C11H18N2O6S. The highest BCUT2D eigenvalue weighted by molar-refractivity contribution is 7.80. The van der Waals surface area contributed by atoms with Gasteiger partial charge in [-0.2, -0.15) is 12.6 Å². The summed E-state index contributed by atoms with van der Waals surface area (Å²) in [6.45, 7) is -0.527. The van der Waals surface area contributed by atoms with Crippen LogP contribution in [0.5, 0.6) is 0 Å². The summed E-state index contributed by atoms with van der Waals surface area (Å²) >= 11 is 3.94. The number of thiol groups is 1. The first-order valence-electron chi connectivity index (χ1n) is 5.88. The second-order valence-electron chi connectivity index (χ2n) is 4.22. The van der Waals surface area contributed by atoms with Crippen LogP contribution in [0.15, 0.2) is 0 Å². The molecule has 0 aliphatic rings. The maximum Gasteiger partial charge on any atom is 0.322 e. The predicted molar refractivity (Wildman–Crippen MR) is 72.5 cm³/mol. The Hall–Kier alpha value is -1.61. The van der Waals surface area contributed by atoms with Crippen LogP contribution in [-0.4, -0.2) is 52.2 Å². The average Bonchev–Trinajstić information content (AvgIpc) is 2.38. The summed E-state index contributed by atoms with van der Waals surface area (Å²) in [5, 5.41) is 19.2. The Labute approximate surface area is 121 Å². The van der Waals surface area contributed by atoms with E-state index >= 15 is 0 Å². The van der Waals surface area contributed by atoms with Crippen molar-refractivity contribution >= 4 is 36.3 Å². The predicted octanol–water partition coefficient (Wildman–Crippen LogP) is -1.12. The van der Waals surface area contributed by atoms with Crippen LogP contribution >= 0.6 is 12.6 Å². The molecule has 0 aromatic carbocycles. The van der Waals surface area contributed by atoms with E-state index in [1.54, 1.807) is 0 Å². The fourth-order valence-corrected chi connectivity index (χ4v) is 1.66. The molecule has 8 nitrogen and oxygen atoms in total. The Morgan fingerprint density at radius 1 is 1.20 bits per heavy atom. The molecule has 0 spiro atoms. The molecule has 0 unspecified atom stereocenters. The van der Waals surface area contributed by atoms with Crippen molar-refractivity contribution in [1.29, 1.82) is 0 Å². The van der Waals surface area contributed by atoms with Crippen molar-refractivity contribution in [3.63, 3.8) is 0 Å². The van der Waals surface area contributed by atoms with Crippen LogP contribution in [0.2, 0.25) is 0 Å². The smallest absolute Gasteiger partial charge is 0.322 e. The molecule has 0 saturated heterocycles. The SMILES string of the molecule is N[C@@H](CCC(=O)C[C@H](CS)C(=O)NCC(=O)O)C(=O)O. The summed E-state index contributed by atoms with van der Waals surface area (Å²) in [7, 11) is 0. The largest absolute Gasteiger partial charge is 0.480 e. The molecule has 9 heteroatoms. The standard InChI is InChI=1S/C11H18N2O6S/c12-8(11(18)19)2-1-7(14)3-6(5-20)10(17)13-4-9(15)16/h6,8,20H,1-5,12H2,(H,13,17)(H,15,16)(H,18,19)/t6-,8+/m1/s1. The van der Waals surface area contributed by atoms with Crippen LogP contribution in [-0.2, 0) is 19.2 Å². The van der Waals surface area contributed by atoms with E-state index in [0.29, 0.717) is 0 Å². The number of hydrogen-bond acceptors (Lipinski definition) is 6. The number of nitrogens with one attached hydrogen (secondary N) is 1. The Bertz CT molecular complexity index is 387. The number of aliphatic carboxylic acids is 2. The van der Waals surface area contributed by atoms with Crippen LogP contribution in [0.1, 0.15) is 19.3 Å². The minimum absolute atomic E-state index is 0.00972. The van der Waals surface area contributed by atoms with Gasteiger partial charge in [0.25, 0.3) is 0 Å². The van der Waals surface area contributed by atoms with Crippen molar-refractivity contribution in [3.05, 3.63) is 0 Å². The lowest BCUT2D eigenvalue weighted by Crippen LogP contribution is -2.36. The summed E-state index contributed by atoms with van der Waals surface area (Å²) < 4.78 is 0. The molecule has 20 heavy (non-hydrogen) atoms. The first kappa shape index (κ1) is 18.4. The zero-order valence-corrected chi connectivity index (χ0v) is 11.6. The lowest BCUT2D eigenvalue weighted by atomic mass is 9.99. The van der Waals surface area contributed by atoms with Crippen LogP contribution in [0, 0.1) is 5.92 Å². The van der Waals surface area contributed by atoms with Gasteiger partial charge in [-0.3, -0.25) is 19.2 Å². The summed E-state index contributed by atoms with van der Waals surface area (Å²) in [6.07, 6.45) is -0.185. The molecular weight excluding hydrogens is 288 g/mol. The molecule has 0 aliphatic heterocycles. The summed E-state index contributed by atoms with van der Waals surface area (Å²) in [6, 6.07) is -1.12. The van der Waals surface area contributed by atoms with Crippen molar-refractivity contribution in [2.75, 3.05) is 12.3 Å². The van der Waals surface area contributed by atoms with Gasteiger partial charge in [0.1, 0.15) is 18.4 Å². The number of hydrogen-bond donors (Lipinski definition) is 5. The molecule has 0 aromatic rings. The Morgan fingerprint density at radius 3 is 2.25 bits per heavy atom. The normalized spacial score (nSPS) is 13.3. The number of carboxylic acids is 2. The number of ketones is 1. The Kier molecular flexibility index (Phi) is 8.57. The molecule has 2 atom stereocenters. The van der Waals surface area contributed by atoms with Crippen LogP contribution in [0.25, 0.3) is 0 Å². The van der Waals surface area contributed by atoms with Gasteiger partial charge < -0.3 is 21.3 Å². The lowest BCUT2D eigenvalue weighted by molar-refractivity contribution is -0.139. The van der Waals surface area contributed by atoms with Crippen LogP contribution in [0.3, 0.4) is 0 Å². The zero-order valence-electron chi connectivity index (χ0n) is 10.7. The third-order valence-electron chi connectivity index (χ3n) is 2.53. The topological polar surface area (TPSA) is 147 Å². The number of carboxylic acid groups (broad SMARTS) is 2. The van der Waals surface area contributed by atoms with E-state index in [1.165, 1.54) is 0 Å². The van der Waals surface area contributed by atoms with Gasteiger partial charge in [0, 0.05) is 18.6 Å². The van der Waals surface area contributed by atoms with Crippen molar-refractivity contribution in [2.45, 2.75) is 25.3 Å². The highest BCUT2D eigenvalue weighted by Gasteiger charge is 2.22. The summed E-state index contributed by atoms with van der Waals surface area (Å²) in [5.74, 6) is -3.92. The van der Waals surface area contributed by atoms with Gasteiger partial charge in [0.05, 0.1) is 5.92 Å². The van der Waals surface area contributed by atoms with E-state index in [4.69, 9.17) is 15.9 Å². The van der Waals surface area contributed by atoms with Crippen LogP contribution < -0.4 is 11.1 Å². The van der Waals surface area contributed by atoms with Crippen molar-refractivity contribution < 1.29 is 29.4 Å². The number of nitrogens with two attached hydrogens (primary N) is 1. The molecule has 0 radical (unpaired) electrons. The number of amides is 1. The second-order valence-corrected chi connectivity index (χ2v) is 4.58. The Balaban J connectivity index is 4.21. The van der Waals surface area contributed by atoms with E-state index in [-0.39, 0.29) is 30.8 Å². The van der Waals surface area contributed by atoms with E-state index in [2.05, 4.69) is 17.9 Å².